The Kier molecular flexibility index (Phi) is 5.95. The first kappa shape index (κ1) is 19.5. The first-order valence-corrected chi connectivity index (χ1v) is 8.86. The summed E-state index contributed by atoms with van der Waals surface area (Å²) in [6.45, 7) is 9.59. The highest BCUT2D eigenvalue weighted by Gasteiger charge is 2.32. The van der Waals surface area contributed by atoms with Gasteiger partial charge in [-0.3, -0.25) is 4.79 Å². The van der Waals surface area contributed by atoms with E-state index in [2.05, 4.69) is 20.9 Å². The molecule has 1 heterocycles. The number of benzene rings is 1. The van der Waals surface area contributed by atoms with Gasteiger partial charge in [0.2, 0.25) is 0 Å². The molecule has 2 aromatic rings. The third kappa shape index (κ3) is 4.44. The molecule has 0 saturated heterocycles. The van der Waals surface area contributed by atoms with Crippen molar-refractivity contribution in [3.8, 4) is 0 Å². The maximum atomic E-state index is 12.5. The molecule has 0 unspecified atom stereocenters. The van der Waals surface area contributed by atoms with Crippen molar-refractivity contribution >= 4 is 39.1 Å². The molecule has 0 aliphatic heterocycles. The van der Waals surface area contributed by atoms with Crippen molar-refractivity contribution in [2.45, 2.75) is 46.3 Å². The number of carbonyl (C=O) groups excluding carboxylic acids is 2. The van der Waals surface area contributed by atoms with Crippen LogP contribution in [0.25, 0.3) is 10.9 Å². The summed E-state index contributed by atoms with van der Waals surface area (Å²) in [5.74, 6) is -0.432. The number of fused-ring (bicyclic) bond motifs is 1. The van der Waals surface area contributed by atoms with Crippen LogP contribution in [0.1, 0.15) is 55.4 Å². The van der Waals surface area contributed by atoms with Gasteiger partial charge in [0.15, 0.2) is 12.4 Å². The second-order valence-corrected chi connectivity index (χ2v) is 7.50. The van der Waals surface area contributed by atoms with Gasteiger partial charge in [0.05, 0.1) is 17.7 Å². The molecule has 0 aliphatic rings. The number of pyridine rings is 1. The largest absolute Gasteiger partial charge is 0.464 e. The molecule has 0 N–H and O–H groups in total. The minimum Gasteiger partial charge on any atom is -0.464 e. The topological polar surface area (TPSA) is 65.5 Å². The summed E-state index contributed by atoms with van der Waals surface area (Å²) >= 11 is 3.59. The van der Waals surface area contributed by atoms with E-state index in [0.717, 1.165) is 15.4 Å². The van der Waals surface area contributed by atoms with Gasteiger partial charge >= 0.3 is 5.97 Å². The zero-order chi connectivity index (χ0) is 18.8. The highest BCUT2D eigenvalue weighted by Crippen LogP contribution is 2.37. The lowest BCUT2D eigenvalue weighted by atomic mass is 9.99. The van der Waals surface area contributed by atoms with E-state index in [1.165, 1.54) is 0 Å². The highest BCUT2D eigenvalue weighted by atomic mass is 79.9. The second kappa shape index (κ2) is 7.62. The van der Waals surface area contributed by atoms with Gasteiger partial charge in [-0.25, -0.2) is 9.78 Å². The molecule has 25 heavy (non-hydrogen) atoms. The molecule has 5 nitrogen and oxygen atoms in total. The van der Waals surface area contributed by atoms with Gasteiger partial charge in [0, 0.05) is 15.4 Å². The van der Waals surface area contributed by atoms with Gasteiger partial charge < -0.3 is 9.47 Å². The Balaban J connectivity index is 2.65. The van der Waals surface area contributed by atoms with Gasteiger partial charge in [-0.1, -0.05) is 0 Å². The number of aldehydes is 1. The third-order valence-electron chi connectivity index (χ3n) is 3.55. The highest BCUT2D eigenvalue weighted by molar-refractivity contribution is 9.10. The number of aryl methyl sites for hydroxylation is 1. The number of ether oxygens (including phenoxy) is 2. The van der Waals surface area contributed by atoms with Crippen molar-refractivity contribution in [1.82, 2.24) is 4.98 Å². The van der Waals surface area contributed by atoms with Crippen LogP contribution >= 0.6 is 15.9 Å². The Morgan fingerprint density at radius 3 is 2.60 bits per heavy atom. The number of hydrogen-bond donors (Lipinski definition) is 0. The van der Waals surface area contributed by atoms with E-state index in [9.17, 15) is 9.59 Å². The summed E-state index contributed by atoms with van der Waals surface area (Å²) in [6.07, 6.45) is -0.148. The fourth-order valence-corrected chi connectivity index (χ4v) is 3.43. The number of carbonyl (C=O) groups is 2. The van der Waals surface area contributed by atoms with Crippen molar-refractivity contribution in [2.24, 2.45) is 0 Å². The molecule has 6 heteroatoms. The predicted molar refractivity (Wildman–Crippen MR) is 99.8 cm³/mol. The van der Waals surface area contributed by atoms with Crippen LogP contribution in [0.3, 0.4) is 0 Å². The molecule has 0 radical (unpaired) electrons. The van der Waals surface area contributed by atoms with Crippen LogP contribution in [-0.4, -0.2) is 29.4 Å². The molecule has 0 saturated carbocycles. The SMILES string of the molecule is CCOC(=O)[C@@H](OC(C)(C)C)c1c(C)cc2nc(C=O)ccc2c1Br. The molecule has 1 aromatic carbocycles. The normalized spacial score (nSPS) is 12.9. The molecule has 0 fully saturated rings. The van der Waals surface area contributed by atoms with Crippen LogP contribution in [0.5, 0.6) is 0 Å². The number of hydrogen-bond acceptors (Lipinski definition) is 5. The molecule has 0 aliphatic carbocycles. The standard InChI is InChI=1S/C19H22BrNO4/c1-6-24-18(23)17(25-19(3,4)5)15-11(2)9-14-13(16(15)20)8-7-12(10-22)21-14/h7-10,17H,6H2,1-5H3/t17-/m0/s1. The lowest BCUT2D eigenvalue weighted by Crippen LogP contribution is -2.29. The van der Waals surface area contributed by atoms with Crippen LogP contribution in [0.2, 0.25) is 0 Å². The van der Waals surface area contributed by atoms with Crippen LogP contribution in [0, 0.1) is 6.92 Å². The van der Waals surface area contributed by atoms with Crippen molar-refractivity contribution in [1.29, 1.82) is 0 Å². The van der Waals surface area contributed by atoms with Crippen molar-refractivity contribution in [2.75, 3.05) is 6.61 Å². The van der Waals surface area contributed by atoms with E-state index < -0.39 is 17.7 Å². The summed E-state index contributed by atoms with van der Waals surface area (Å²) in [6, 6.07) is 5.29. The van der Waals surface area contributed by atoms with Crippen molar-refractivity contribution < 1.29 is 19.1 Å². The molecule has 1 aromatic heterocycles. The fourth-order valence-electron chi connectivity index (χ4n) is 2.57. The number of halogens is 1. The van der Waals surface area contributed by atoms with E-state index in [4.69, 9.17) is 9.47 Å². The van der Waals surface area contributed by atoms with E-state index >= 15 is 0 Å². The Morgan fingerprint density at radius 1 is 1.36 bits per heavy atom. The van der Waals surface area contributed by atoms with Crippen LogP contribution < -0.4 is 0 Å². The summed E-state index contributed by atoms with van der Waals surface area (Å²) in [5.41, 5.74) is 2.05. The first-order valence-electron chi connectivity index (χ1n) is 8.07. The molecular weight excluding hydrogens is 386 g/mol. The number of rotatable bonds is 5. The minimum absolute atomic E-state index is 0.275. The average molecular weight is 408 g/mol. The molecule has 1 atom stereocenters. The molecule has 0 spiro atoms. The quantitative estimate of drug-likeness (QED) is 0.537. The van der Waals surface area contributed by atoms with Crippen LogP contribution in [0.15, 0.2) is 22.7 Å². The summed E-state index contributed by atoms with van der Waals surface area (Å²) < 4.78 is 11.9. The summed E-state index contributed by atoms with van der Waals surface area (Å²) in [7, 11) is 0. The van der Waals surface area contributed by atoms with Gasteiger partial charge in [0.1, 0.15) is 5.69 Å². The maximum Gasteiger partial charge on any atom is 0.340 e. The van der Waals surface area contributed by atoms with E-state index in [1.807, 2.05) is 33.8 Å². The Hall–Kier alpha value is -1.79. The fraction of sp³-hybridized carbons (Fsp3) is 0.421. The lowest BCUT2D eigenvalue weighted by Gasteiger charge is -2.28. The van der Waals surface area contributed by atoms with E-state index in [0.29, 0.717) is 23.1 Å². The van der Waals surface area contributed by atoms with Gasteiger partial charge in [-0.2, -0.15) is 0 Å². The van der Waals surface area contributed by atoms with Crippen molar-refractivity contribution in [3.05, 3.63) is 39.5 Å². The van der Waals surface area contributed by atoms with Crippen LogP contribution in [0.4, 0.5) is 0 Å². The molecule has 0 amide bonds. The van der Waals surface area contributed by atoms with E-state index in [-0.39, 0.29) is 6.61 Å². The number of nitrogens with zero attached hydrogens (tertiary/aromatic N) is 1. The molecular formula is C19H22BrNO4. The number of aromatic nitrogens is 1. The minimum atomic E-state index is -0.857. The molecule has 134 valence electrons. The zero-order valence-corrected chi connectivity index (χ0v) is 16.6. The maximum absolute atomic E-state index is 12.5. The third-order valence-corrected chi connectivity index (χ3v) is 4.41. The van der Waals surface area contributed by atoms with Gasteiger partial charge in [0.25, 0.3) is 0 Å². The Morgan fingerprint density at radius 2 is 2.04 bits per heavy atom. The first-order chi connectivity index (χ1) is 11.7. The van der Waals surface area contributed by atoms with Gasteiger partial charge in [-0.15, -0.1) is 0 Å². The lowest BCUT2D eigenvalue weighted by molar-refractivity contribution is -0.167. The molecule has 2 rings (SSSR count). The summed E-state index contributed by atoms with van der Waals surface area (Å²) in [5, 5.41) is 0.804. The van der Waals surface area contributed by atoms with Crippen LogP contribution in [-0.2, 0) is 14.3 Å². The van der Waals surface area contributed by atoms with Crippen molar-refractivity contribution in [3.63, 3.8) is 0 Å². The zero-order valence-electron chi connectivity index (χ0n) is 15.1. The molecule has 0 bridgehead atoms. The number of esters is 1. The monoisotopic (exact) mass is 407 g/mol. The summed E-state index contributed by atoms with van der Waals surface area (Å²) in [4.78, 5) is 27.8. The smallest absolute Gasteiger partial charge is 0.340 e. The predicted octanol–water partition coefficient (Wildman–Crippen LogP) is 4.54. The Labute approximate surface area is 155 Å². The second-order valence-electron chi connectivity index (χ2n) is 6.70. The van der Waals surface area contributed by atoms with E-state index in [1.54, 1.807) is 19.1 Å². The van der Waals surface area contributed by atoms with Gasteiger partial charge in [-0.05, 0) is 74.3 Å². The Bertz CT molecular complexity index is 811. The average Bonchev–Trinajstić information content (AvgIpc) is 2.52.